The zero-order valence-corrected chi connectivity index (χ0v) is 25.8. The van der Waals surface area contributed by atoms with E-state index >= 15 is 4.39 Å². The van der Waals surface area contributed by atoms with Crippen LogP contribution in [0.15, 0.2) is 6.07 Å². The SMILES string of the molecule is CCN(CC)C(=O)Oc1cc(Cl)c(Cl)c(F)c1[C@H](N[S+]([O-])C(C)(C)C)C1CCN(C(=O)OC(C)(C)C)CC1. The second kappa shape index (κ2) is 13.3. The molecular formula is C26H40Cl2FN3O5S. The summed E-state index contributed by atoms with van der Waals surface area (Å²) in [6.07, 6.45) is -0.166. The first-order chi connectivity index (χ1) is 17.5. The number of ether oxygens (including phenoxy) is 2. The fourth-order valence-corrected chi connectivity index (χ4v) is 5.26. The van der Waals surface area contributed by atoms with E-state index in [1.165, 1.54) is 11.0 Å². The smallest absolute Gasteiger partial charge is 0.415 e. The lowest BCUT2D eigenvalue weighted by molar-refractivity contribution is 0.0170. The number of rotatable bonds is 7. The Morgan fingerprint density at radius 2 is 1.74 bits per heavy atom. The third kappa shape index (κ3) is 8.52. The molecule has 0 aliphatic carbocycles. The Labute approximate surface area is 238 Å². The normalized spacial score (nSPS) is 16.7. The summed E-state index contributed by atoms with van der Waals surface area (Å²) in [4.78, 5) is 28.4. The maximum absolute atomic E-state index is 15.8. The van der Waals surface area contributed by atoms with Crippen molar-refractivity contribution in [2.45, 2.75) is 84.6 Å². The molecule has 1 aliphatic rings. The van der Waals surface area contributed by atoms with Crippen LogP contribution in [0.25, 0.3) is 0 Å². The van der Waals surface area contributed by atoms with E-state index in [9.17, 15) is 14.1 Å². The molecule has 2 rings (SSSR count). The third-order valence-corrected chi connectivity index (χ3v) is 8.49. The van der Waals surface area contributed by atoms with E-state index in [4.69, 9.17) is 32.7 Å². The highest BCUT2D eigenvalue weighted by Crippen LogP contribution is 2.43. The van der Waals surface area contributed by atoms with Crippen LogP contribution in [0.4, 0.5) is 14.0 Å². The number of benzene rings is 1. The fraction of sp³-hybridized carbons (Fsp3) is 0.692. The van der Waals surface area contributed by atoms with Gasteiger partial charge in [0, 0.05) is 43.6 Å². The van der Waals surface area contributed by atoms with Gasteiger partial charge in [-0.15, -0.1) is 4.72 Å². The highest BCUT2D eigenvalue weighted by atomic mass is 35.5. The van der Waals surface area contributed by atoms with E-state index in [0.717, 1.165) is 0 Å². The van der Waals surface area contributed by atoms with Gasteiger partial charge in [-0.1, -0.05) is 23.2 Å². The lowest BCUT2D eigenvalue weighted by atomic mass is 9.85. The van der Waals surface area contributed by atoms with Gasteiger partial charge >= 0.3 is 12.2 Å². The van der Waals surface area contributed by atoms with Crippen LogP contribution in [0.5, 0.6) is 5.75 Å². The summed E-state index contributed by atoms with van der Waals surface area (Å²) in [7, 11) is 0. The quantitative estimate of drug-likeness (QED) is 0.278. The van der Waals surface area contributed by atoms with Crippen LogP contribution < -0.4 is 9.46 Å². The van der Waals surface area contributed by atoms with Crippen molar-refractivity contribution < 1.29 is 28.0 Å². The summed E-state index contributed by atoms with van der Waals surface area (Å²) in [5.74, 6) is -1.20. The number of piperidine rings is 1. The molecule has 0 saturated carbocycles. The average Bonchev–Trinajstić information content (AvgIpc) is 2.81. The van der Waals surface area contributed by atoms with Crippen LogP contribution in [-0.4, -0.2) is 63.1 Å². The number of hydrogen-bond donors (Lipinski definition) is 1. The molecule has 1 aromatic rings. The first kappa shape index (κ1) is 32.8. The Kier molecular flexibility index (Phi) is 11.4. The second-order valence-corrected chi connectivity index (χ2v) is 14.0. The van der Waals surface area contributed by atoms with Gasteiger partial charge in [0.1, 0.15) is 16.1 Å². The summed E-state index contributed by atoms with van der Waals surface area (Å²) in [6, 6.07) is 0.471. The Morgan fingerprint density at radius 1 is 1.18 bits per heavy atom. The van der Waals surface area contributed by atoms with Gasteiger partial charge < -0.3 is 23.8 Å². The summed E-state index contributed by atoms with van der Waals surface area (Å²) in [5, 5.41) is -0.422. The molecule has 0 radical (unpaired) electrons. The molecule has 38 heavy (non-hydrogen) atoms. The Hall–Kier alpha value is -1.46. The number of halogens is 3. The molecule has 216 valence electrons. The largest absolute Gasteiger partial charge is 0.598 e. The van der Waals surface area contributed by atoms with Crippen molar-refractivity contribution in [3.63, 3.8) is 0 Å². The topological polar surface area (TPSA) is 94.2 Å². The van der Waals surface area contributed by atoms with Crippen molar-refractivity contribution in [2.75, 3.05) is 26.2 Å². The van der Waals surface area contributed by atoms with Gasteiger partial charge in [0.2, 0.25) is 0 Å². The number of likely N-dealkylation sites (tertiary alicyclic amines) is 1. The van der Waals surface area contributed by atoms with E-state index in [-0.39, 0.29) is 27.3 Å². The van der Waals surface area contributed by atoms with E-state index in [1.54, 1.807) is 60.3 Å². The number of hydrogen-bond acceptors (Lipinski definition) is 6. The zero-order valence-electron chi connectivity index (χ0n) is 23.5. The fourth-order valence-electron chi connectivity index (χ4n) is 4.03. The summed E-state index contributed by atoms with van der Waals surface area (Å²) in [5.41, 5.74) is -0.651. The van der Waals surface area contributed by atoms with E-state index in [0.29, 0.717) is 39.0 Å². The molecule has 12 heteroatoms. The molecular weight excluding hydrogens is 556 g/mol. The number of nitrogens with one attached hydrogen (secondary N) is 1. The highest BCUT2D eigenvalue weighted by molar-refractivity contribution is 7.90. The maximum atomic E-state index is 15.8. The van der Waals surface area contributed by atoms with Crippen molar-refractivity contribution in [1.82, 2.24) is 14.5 Å². The second-order valence-electron chi connectivity index (χ2n) is 11.2. The lowest BCUT2D eigenvalue weighted by Gasteiger charge is -2.38. The molecule has 8 nitrogen and oxygen atoms in total. The molecule has 0 bridgehead atoms. The summed E-state index contributed by atoms with van der Waals surface area (Å²) >= 11 is 10.8. The zero-order chi connectivity index (χ0) is 29.0. The molecule has 1 saturated heterocycles. The van der Waals surface area contributed by atoms with Gasteiger partial charge in [0.05, 0.1) is 21.7 Å². The number of carbonyl (C=O) groups excluding carboxylic acids is 2. The van der Waals surface area contributed by atoms with Crippen molar-refractivity contribution in [1.29, 1.82) is 0 Å². The van der Waals surface area contributed by atoms with E-state index in [1.807, 2.05) is 0 Å². The number of carbonyl (C=O) groups is 2. The van der Waals surface area contributed by atoms with Gasteiger partial charge in [0.15, 0.2) is 5.82 Å². The molecule has 1 N–H and O–H groups in total. The van der Waals surface area contributed by atoms with Gasteiger partial charge in [0.25, 0.3) is 0 Å². The lowest BCUT2D eigenvalue weighted by Crippen LogP contribution is -2.47. The van der Waals surface area contributed by atoms with Crippen LogP contribution in [0.3, 0.4) is 0 Å². The first-order valence-electron chi connectivity index (χ1n) is 12.8. The standard InChI is InChI=1S/C26H40Cl2FN3O5S/c1-9-31(10-2)23(33)36-18-15-17(27)20(28)21(29)19(18)22(30-38(35)26(6,7)8)16-11-13-32(14-12-16)24(34)37-25(3,4)5/h15-16,22,30H,9-14H2,1-8H3/t22-,38?/m1/s1. The number of nitrogens with zero attached hydrogens (tertiary/aromatic N) is 2. The molecule has 1 unspecified atom stereocenters. The van der Waals surface area contributed by atoms with E-state index in [2.05, 4.69) is 4.72 Å². The highest BCUT2D eigenvalue weighted by Gasteiger charge is 2.40. The molecule has 1 fully saturated rings. The van der Waals surface area contributed by atoms with Crippen LogP contribution >= 0.6 is 23.2 Å². The summed E-state index contributed by atoms with van der Waals surface area (Å²) in [6.45, 7) is 15.9. The van der Waals surface area contributed by atoms with Crippen LogP contribution in [0.1, 0.15) is 79.8 Å². The monoisotopic (exact) mass is 595 g/mol. The minimum absolute atomic E-state index is 0.0202. The predicted molar refractivity (Wildman–Crippen MR) is 150 cm³/mol. The van der Waals surface area contributed by atoms with E-state index < -0.39 is 45.8 Å². The molecule has 2 amide bonds. The first-order valence-corrected chi connectivity index (χ1v) is 14.7. The molecule has 1 aromatic carbocycles. The molecule has 1 heterocycles. The van der Waals surface area contributed by atoms with Crippen molar-refractivity contribution in [3.8, 4) is 5.75 Å². The summed E-state index contributed by atoms with van der Waals surface area (Å²) < 4.78 is 42.6. The molecule has 2 atom stereocenters. The van der Waals surface area contributed by atoms with Crippen LogP contribution in [0, 0.1) is 11.7 Å². The van der Waals surface area contributed by atoms with Crippen molar-refractivity contribution in [3.05, 3.63) is 27.5 Å². The van der Waals surface area contributed by atoms with Gasteiger partial charge in [-0.3, -0.25) is 0 Å². The average molecular weight is 597 g/mol. The number of amides is 2. The van der Waals surface area contributed by atoms with Crippen LogP contribution in [0.2, 0.25) is 10.0 Å². The maximum Gasteiger partial charge on any atom is 0.415 e. The Bertz CT molecular complexity index is 991. The minimum atomic E-state index is -1.60. The van der Waals surface area contributed by atoms with Crippen molar-refractivity contribution >= 4 is 46.8 Å². The molecule has 1 aliphatic heterocycles. The minimum Gasteiger partial charge on any atom is -0.598 e. The molecule has 0 spiro atoms. The predicted octanol–water partition coefficient (Wildman–Crippen LogP) is 6.71. The van der Waals surface area contributed by atoms with Crippen molar-refractivity contribution in [2.24, 2.45) is 5.92 Å². The Balaban J connectivity index is 2.49. The molecule has 0 aromatic heterocycles. The Morgan fingerprint density at radius 3 is 2.21 bits per heavy atom. The third-order valence-electron chi connectivity index (χ3n) is 6.14. The van der Waals surface area contributed by atoms with Gasteiger partial charge in [-0.25, -0.2) is 14.0 Å². The van der Waals surface area contributed by atoms with Gasteiger partial charge in [-0.05, 0) is 74.1 Å². The van der Waals surface area contributed by atoms with Gasteiger partial charge in [-0.2, -0.15) is 0 Å². The van der Waals surface area contributed by atoms with Crippen LogP contribution in [-0.2, 0) is 16.1 Å².